The van der Waals surface area contributed by atoms with Crippen molar-refractivity contribution >= 4 is 33.6 Å². The number of aliphatic hydroxyl groups is 1. The molecule has 6 heteroatoms. The number of rotatable bonds is 4. The van der Waals surface area contributed by atoms with E-state index in [2.05, 4.69) is 25.9 Å². The van der Waals surface area contributed by atoms with Gasteiger partial charge in [-0.1, -0.05) is 0 Å². The number of hydrogen-bond donors (Lipinski definition) is 2. The molecule has 0 spiro atoms. The van der Waals surface area contributed by atoms with Crippen LogP contribution in [0.4, 0.5) is 5.95 Å². The summed E-state index contributed by atoms with van der Waals surface area (Å²) in [5.74, 6) is 1.10. The van der Waals surface area contributed by atoms with E-state index in [0.29, 0.717) is 0 Å². The summed E-state index contributed by atoms with van der Waals surface area (Å²) in [6.07, 6.45) is 2.38. The van der Waals surface area contributed by atoms with E-state index in [1.165, 1.54) is 0 Å². The van der Waals surface area contributed by atoms with Crippen LogP contribution in [0, 0.1) is 0 Å². The summed E-state index contributed by atoms with van der Waals surface area (Å²) < 4.78 is 0.838. The van der Waals surface area contributed by atoms with Gasteiger partial charge in [0.15, 0.2) is 0 Å². The number of aromatic nitrogens is 2. The van der Waals surface area contributed by atoms with Crippen molar-refractivity contribution in [2.75, 3.05) is 18.1 Å². The standard InChI is InChI=1S/C7H10BrN3OS/c8-5-4-10-7(9)11-6(5)13-3-1-2-12/h4,12H,1-3H2,(H2,9,10,11). The number of anilines is 1. The van der Waals surface area contributed by atoms with E-state index >= 15 is 0 Å². The van der Waals surface area contributed by atoms with Crippen LogP contribution in [-0.4, -0.2) is 27.4 Å². The van der Waals surface area contributed by atoms with E-state index in [1.54, 1.807) is 18.0 Å². The number of hydrogen-bond acceptors (Lipinski definition) is 5. The second kappa shape index (κ2) is 5.41. The average molecular weight is 264 g/mol. The van der Waals surface area contributed by atoms with Gasteiger partial charge in [-0.3, -0.25) is 0 Å². The first-order valence-electron chi connectivity index (χ1n) is 3.75. The van der Waals surface area contributed by atoms with Gasteiger partial charge in [0, 0.05) is 18.6 Å². The lowest BCUT2D eigenvalue weighted by atomic mass is 10.5. The zero-order valence-electron chi connectivity index (χ0n) is 6.90. The first kappa shape index (κ1) is 10.7. The normalized spacial score (nSPS) is 10.3. The lowest BCUT2D eigenvalue weighted by Gasteiger charge is -2.02. The second-order valence-electron chi connectivity index (χ2n) is 2.31. The Morgan fingerprint density at radius 2 is 2.38 bits per heavy atom. The van der Waals surface area contributed by atoms with E-state index in [9.17, 15) is 0 Å². The SMILES string of the molecule is Nc1ncc(Br)c(SCCCO)n1. The maximum Gasteiger partial charge on any atom is 0.221 e. The van der Waals surface area contributed by atoms with Crippen LogP contribution < -0.4 is 5.73 Å². The third-order valence-electron chi connectivity index (χ3n) is 1.27. The molecule has 0 amide bonds. The molecule has 1 aromatic rings. The molecule has 0 unspecified atom stereocenters. The molecule has 1 rings (SSSR count). The van der Waals surface area contributed by atoms with Gasteiger partial charge in [-0.2, -0.15) is 0 Å². The van der Waals surface area contributed by atoms with Crippen LogP contribution in [0.3, 0.4) is 0 Å². The highest BCUT2D eigenvalue weighted by molar-refractivity contribution is 9.10. The second-order valence-corrected chi connectivity index (χ2v) is 4.24. The number of thioether (sulfide) groups is 1. The smallest absolute Gasteiger partial charge is 0.221 e. The minimum absolute atomic E-state index is 0.200. The Morgan fingerprint density at radius 3 is 3.08 bits per heavy atom. The molecule has 0 aliphatic rings. The molecule has 72 valence electrons. The van der Waals surface area contributed by atoms with Crippen LogP contribution in [0.1, 0.15) is 6.42 Å². The molecule has 1 heterocycles. The number of nitrogen functional groups attached to an aromatic ring is 1. The average Bonchev–Trinajstić information content (AvgIpc) is 2.11. The van der Waals surface area contributed by atoms with E-state index in [4.69, 9.17) is 10.8 Å². The Bertz CT molecular complexity index is 284. The van der Waals surface area contributed by atoms with Crippen molar-refractivity contribution in [3.05, 3.63) is 10.7 Å². The molecule has 4 nitrogen and oxygen atoms in total. The molecule has 3 N–H and O–H groups in total. The maximum absolute atomic E-state index is 8.59. The number of halogens is 1. The molecule has 0 aliphatic heterocycles. The summed E-state index contributed by atoms with van der Waals surface area (Å²) in [7, 11) is 0. The van der Waals surface area contributed by atoms with Gasteiger partial charge in [-0.15, -0.1) is 11.8 Å². The summed E-state index contributed by atoms with van der Waals surface area (Å²) in [5.41, 5.74) is 5.43. The molecule has 0 aliphatic carbocycles. The first-order valence-corrected chi connectivity index (χ1v) is 5.53. The predicted octanol–water partition coefficient (Wildman–Crippen LogP) is 1.30. The Kier molecular flexibility index (Phi) is 4.47. The van der Waals surface area contributed by atoms with Gasteiger partial charge in [0.2, 0.25) is 5.95 Å². The van der Waals surface area contributed by atoms with Gasteiger partial charge in [-0.25, -0.2) is 9.97 Å². The molecule has 0 saturated carbocycles. The summed E-state index contributed by atoms with van der Waals surface area (Å²) in [6, 6.07) is 0. The summed E-state index contributed by atoms with van der Waals surface area (Å²) >= 11 is 4.87. The molecule has 0 bridgehead atoms. The number of nitrogens with two attached hydrogens (primary N) is 1. The Balaban J connectivity index is 2.59. The van der Waals surface area contributed by atoms with Gasteiger partial charge in [0.25, 0.3) is 0 Å². The quantitative estimate of drug-likeness (QED) is 0.487. The zero-order chi connectivity index (χ0) is 9.68. The van der Waals surface area contributed by atoms with Gasteiger partial charge in [0.1, 0.15) is 5.03 Å². The Hall–Kier alpha value is -0.330. The van der Waals surface area contributed by atoms with E-state index in [1.807, 2.05) is 0 Å². The first-order chi connectivity index (χ1) is 6.24. The van der Waals surface area contributed by atoms with Crippen LogP contribution >= 0.6 is 27.7 Å². The summed E-state index contributed by atoms with van der Waals surface area (Å²) in [6.45, 7) is 0.200. The van der Waals surface area contributed by atoms with Gasteiger partial charge in [-0.05, 0) is 22.4 Å². The minimum atomic E-state index is 0.200. The highest BCUT2D eigenvalue weighted by Gasteiger charge is 2.03. The third kappa shape index (κ3) is 3.50. The monoisotopic (exact) mass is 263 g/mol. The Labute approximate surface area is 89.1 Å². The molecule has 0 radical (unpaired) electrons. The topological polar surface area (TPSA) is 72.0 Å². The van der Waals surface area contributed by atoms with Crippen LogP contribution in [-0.2, 0) is 0 Å². The largest absolute Gasteiger partial charge is 0.396 e. The Morgan fingerprint density at radius 1 is 1.62 bits per heavy atom. The highest BCUT2D eigenvalue weighted by atomic mass is 79.9. The summed E-state index contributed by atoms with van der Waals surface area (Å²) in [5, 5.41) is 9.41. The van der Waals surface area contributed by atoms with Crippen molar-refractivity contribution in [1.29, 1.82) is 0 Å². The molecular weight excluding hydrogens is 254 g/mol. The maximum atomic E-state index is 8.59. The molecule has 0 saturated heterocycles. The van der Waals surface area contributed by atoms with Crippen molar-refractivity contribution < 1.29 is 5.11 Å². The third-order valence-corrected chi connectivity index (χ3v) is 3.19. The van der Waals surface area contributed by atoms with Crippen molar-refractivity contribution in [1.82, 2.24) is 9.97 Å². The van der Waals surface area contributed by atoms with Crippen molar-refractivity contribution in [3.8, 4) is 0 Å². The van der Waals surface area contributed by atoms with Crippen molar-refractivity contribution in [2.24, 2.45) is 0 Å². The fourth-order valence-corrected chi connectivity index (χ4v) is 2.05. The van der Waals surface area contributed by atoms with E-state index in [-0.39, 0.29) is 12.6 Å². The fraction of sp³-hybridized carbons (Fsp3) is 0.429. The molecule has 13 heavy (non-hydrogen) atoms. The zero-order valence-corrected chi connectivity index (χ0v) is 9.31. The van der Waals surface area contributed by atoms with Gasteiger partial charge < -0.3 is 10.8 Å². The molecule has 0 fully saturated rings. The molecule has 0 aromatic carbocycles. The predicted molar refractivity (Wildman–Crippen MR) is 56.6 cm³/mol. The van der Waals surface area contributed by atoms with Crippen LogP contribution in [0.25, 0.3) is 0 Å². The van der Waals surface area contributed by atoms with Gasteiger partial charge >= 0.3 is 0 Å². The molecule has 1 aromatic heterocycles. The van der Waals surface area contributed by atoms with E-state index < -0.39 is 0 Å². The fourth-order valence-electron chi connectivity index (χ4n) is 0.699. The van der Waals surface area contributed by atoms with Crippen LogP contribution in [0.5, 0.6) is 0 Å². The summed E-state index contributed by atoms with van der Waals surface area (Å²) in [4.78, 5) is 7.87. The van der Waals surface area contributed by atoms with Crippen LogP contribution in [0.15, 0.2) is 15.7 Å². The number of nitrogens with zero attached hydrogens (tertiary/aromatic N) is 2. The van der Waals surface area contributed by atoms with E-state index in [0.717, 1.165) is 21.7 Å². The number of aliphatic hydroxyl groups excluding tert-OH is 1. The highest BCUT2D eigenvalue weighted by Crippen LogP contribution is 2.25. The lowest BCUT2D eigenvalue weighted by molar-refractivity contribution is 0.296. The minimum Gasteiger partial charge on any atom is -0.396 e. The van der Waals surface area contributed by atoms with Crippen molar-refractivity contribution in [2.45, 2.75) is 11.4 Å². The van der Waals surface area contributed by atoms with Gasteiger partial charge in [0.05, 0.1) is 4.47 Å². The van der Waals surface area contributed by atoms with Crippen LogP contribution in [0.2, 0.25) is 0 Å². The lowest BCUT2D eigenvalue weighted by Crippen LogP contribution is -1.96. The van der Waals surface area contributed by atoms with Crippen molar-refractivity contribution in [3.63, 3.8) is 0 Å². The molecular formula is C7H10BrN3OS. The molecule has 0 atom stereocenters.